The summed E-state index contributed by atoms with van der Waals surface area (Å²) < 4.78 is 12.9. The molecule has 1 N–H and O–H groups in total. The molecule has 0 unspecified atom stereocenters. The van der Waals surface area contributed by atoms with Gasteiger partial charge in [0.05, 0.1) is 16.1 Å². The summed E-state index contributed by atoms with van der Waals surface area (Å²) in [5.74, 6) is 0.482. The number of nitrogens with zero attached hydrogens (tertiary/aromatic N) is 4. The molecule has 1 atom stereocenters. The largest absolute Gasteiger partial charge is 0.494 e. The van der Waals surface area contributed by atoms with Gasteiger partial charge in [0.2, 0.25) is 6.41 Å². The molecule has 2 aliphatic heterocycles. The van der Waals surface area contributed by atoms with E-state index in [9.17, 15) is 14.4 Å². The molecule has 2 aromatic carbocycles. The molecule has 246 valence electrons. The molecule has 0 aromatic heterocycles. The number of carbonyl (C=O) groups excluding carboxylic acids is 3. The molecule has 3 amide bonds. The van der Waals surface area contributed by atoms with Gasteiger partial charge in [-0.1, -0.05) is 18.2 Å². The molecule has 0 spiro atoms. The van der Waals surface area contributed by atoms with Crippen molar-refractivity contribution in [2.75, 3.05) is 66.3 Å². The van der Waals surface area contributed by atoms with Crippen molar-refractivity contribution in [2.24, 2.45) is 0 Å². The summed E-state index contributed by atoms with van der Waals surface area (Å²) in [5, 5.41) is 3.21. The molecular formula is C33H45Br2N5O5. The van der Waals surface area contributed by atoms with E-state index in [1.807, 2.05) is 47.2 Å². The summed E-state index contributed by atoms with van der Waals surface area (Å²) in [4.78, 5) is 46.9. The van der Waals surface area contributed by atoms with Crippen molar-refractivity contribution in [3.8, 4) is 5.75 Å². The molecule has 2 heterocycles. The Hall–Kier alpha value is -2.83. The van der Waals surface area contributed by atoms with Crippen LogP contribution in [-0.2, 0) is 27.2 Å². The molecule has 2 fully saturated rings. The Bertz CT molecular complexity index is 1290. The SMILES string of the molecule is CNc1ccccc1CCN(C=O)C1CCN(C(=O)O[C@H](Cc2cc(Br)c(OC)c(Br)c2)C(=O)N2CCC(N(C)C)CC2)CC1. The highest BCUT2D eigenvalue weighted by Gasteiger charge is 2.34. The number of ether oxygens (including phenoxy) is 2. The van der Waals surface area contributed by atoms with Crippen molar-refractivity contribution in [2.45, 2.75) is 56.7 Å². The number of likely N-dealkylation sites (tertiary alicyclic amines) is 2. The Kier molecular flexibility index (Phi) is 13.0. The number of nitrogens with one attached hydrogen (secondary N) is 1. The van der Waals surface area contributed by atoms with Gasteiger partial charge in [0.1, 0.15) is 5.75 Å². The maximum Gasteiger partial charge on any atom is 0.410 e. The highest BCUT2D eigenvalue weighted by Crippen LogP contribution is 2.35. The van der Waals surface area contributed by atoms with Crippen LogP contribution in [-0.4, -0.2) is 117 Å². The fraction of sp³-hybridized carbons (Fsp3) is 0.545. The predicted octanol–water partition coefficient (Wildman–Crippen LogP) is 5.03. The summed E-state index contributed by atoms with van der Waals surface area (Å²) >= 11 is 7.09. The highest BCUT2D eigenvalue weighted by molar-refractivity contribution is 9.11. The number of para-hydroxylation sites is 1. The molecule has 0 radical (unpaired) electrons. The van der Waals surface area contributed by atoms with E-state index in [1.54, 1.807) is 12.0 Å². The fourth-order valence-corrected chi connectivity index (χ4v) is 7.86. The molecule has 10 nitrogen and oxygen atoms in total. The second-order valence-electron chi connectivity index (χ2n) is 11.9. The van der Waals surface area contributed by atoms with Crippen LogP contribution in [0.25, 0.3) is 0 Å². The lowest BCUT2D eigenvalue weighted by Crippen LogP contribution is -2.51. The third-order valence-corrected chi connectivity index (χ3v) is 10.1. The number of hydrogen-bond donors (Lipinski definition) is 1. The van der Waals surface area contributed by atoms with Gasteiger partial charge in [-0.2, -0.15) is 0 Å². The number of anilines is 1. The Morgan fingerprint density at radius 3 is 2.18 bits per heavy atom. The Morgan fingerprint density at radius 2 is 1.60 bits per heavy atom. The van der Waals surface area contributed by atoms with E-state index >= 15 is 0 Å². The first-order chi connectivity index (χ1) is 21.6. The third-order valence-electron chi connectivity index (χ3n) is 8.96. The second kappa shape index (κ2) is 16.6. The number of hydrogen-bond acceptors (Lipinski definition) is 7. The fourth-order valence-electron chi connectivity index (χ4n) is 6.25. The highest BCUT2D eigenvalue weighted by atomic mass is 79.9. The van der Waals surface area contributed by atoms with Crippen LogP contribution in [0, 0.1) is 0 Å². The van der Waals surface area contributed by atoms with Gasteiger partial charge in [-0.05, 0) is 107 Å². The zero-order valence-electron chi connectivity index (χ0n) is 26.6. The summed E-state index contributed by atoms with van der Waals surface area (Å²) in [6, 6.07) is 12.3. The molecule has 12 heteroatoms. The van der Waals surface area contributed by atoms with Crippen molar-refractivity contribution in [1.29, 1.82) is 0 Å². The maximum absolute atomic E-state index is 13.8. The zero-order valence-corrected chi connectivity index (χ0v) is 29.8. The van der Waals surface area contributed by atoms with Gasteiger partial charge in [-0.15, -0.1) is 0 Å². The van der Waals surface area contributed by atoms with Crippen LogP contribution in [0.5, 0.6) is 5.75 Å². The zero-order chi connectivity index (χ0) is 32.5. The van der Waals surface area contributed by atoms with Crippen LogP contribution in [0.15, 0.2) is 45.3 Å². The van der Waals surface area contributed by atoms with Crippen LogP contribution < -0.4 is 10.1 Å². The Morgan fingerprint density at radius 1 is 1.00 bits per heavy atom. The van der Waals surface area contributed by atoms with Gasteiger partial charge in [-0.3, -0.25) is 9.59 Å². The second-order valence-corrected chi connectivity index (χ2v) is 13.6. The lowest BCUT2D eigenvalue weighted by atomic mass is 10.0. The average molecular weight is 752 g/mol. The minimum Gasteiger partial charge on any atom is -0.494 e. The standard InChI is InChI=1S/C33H45Br2N5O5/c1-36-29-8-6-5-7-24(29)9-14-40(22-41)26-12-17-39(18-13-26)33(43)45-30(21-23-19-27(34)31(44-4)28(35)20-23)32(42)38-15-10-25(11-16-38)37(2)3/h5-8,19-20,22,25-26,30,36H,9-18,21H2,1-4H3/t30-/m1/s1. The number of benzene rings is 2. The van der Waals surface area contributed by atoms with Crippen LogP contribution >= 0.6 is 31.9 Å². The number of methoxy groups -OCH3 is 1. The van der Waals surface area contributed by atoms with E-state index in [1.165, 1.54) is 0 Å². The van der Waals surface area contributed by atoms with Gasteiger partial charge < -0.3 is 34.4 Å². The van der Waals surface area contributed by atoms with E-state index in [4.69, 9.17) is 9.47 Å². The van der Waals surface area contributed by atoms with Crippen LogP contribution in [0.3, 0.4) is 0 Å². The number of carbonyl (C=O) groups is 3. The van der Waals surface area contributed by atoms with Crippen molar-refractivity contribution in [3.05, 3.63) is 56.5 Å². The van der Waals surface area contributed by atoms with Crippen molar-refractivity contribution in [3.63, 3.8) is 0 Å². The molecule has 0 saturated carbocycles. The summed E-state index contributed by atoms with van der Waals surface area (Å²) in [7, 11) is 7.61. The van der Waals surface area contributed by atoms with Crippen molar-refractivity contribution >= 4 is 56.0 Å². The molecular weight excluding hydrogens is 706 g/mol. The maximum atomic E-state index is 13.8. The Labute approximate surface area is 283 Å². The number of halogens is 2. The van der Waals surface area contributed by atoms with Crippen molar-refractivity contribution in [1.82, 2.24) is 19.6 Å². The normalized spacial score (nSPS) is 16.8. The quantitative estimate of drug-likeness (QED) is 0.305. The smallest absolute Gasteiger partial charge is 0.410 e. The van der Waals surface area contributed by atoms with Crippen LogP contribution in [0.2, 0.25) is 0 Å². The molecule has 2 aliphatic rings. The molecule has 4 rings (SSSR count). The topological polar surface area (TPSA) is 94.7 Å². The molecule has 0 bridgehead atoms. The van der Waals surface area contributed by atoms with Crippen LogP contribution in [0.4, 0.5) is 10.5 Å². The number of piperidine rings is 2. The van der Waals surface area contributed by atoms with Gasteiger partial charge >= 0.3 is 6.09 Å². The minimum atomic E-state index is -0.961. The number of rotatable bonds is 12. The monoisotopic (exact) mass is 749 g/mol. The van der Waals surface area contributed by atoms with Gasteiger partial charge in [-0.25, -0.2) is 4.79 Å². The van der Waals surface area contributed by atoms with E-state index in [0.717, 1.165) is 51.4 Å². The Balaban J connectivity index is 1.40. The van der Waals surface area contributed by atoms with Gasteiger partial charge in [0, 0.05) is 64.0 Å². The predicted molar refractivity (Wildman–Crippen MR) is 183 cm³/mol. The molecule has 45 heavy (non-hydrogen) atoms. The summed E-state index contributed by atoms with van der Waals surface area (Å²) in [6.45, 7) is 2.76. The summed E-state index contributed by atoms with van der Waals surface area (Å²) in [5.41, 5.74) is 3.05. The van der Waals surface area contributed by atoms with E-state index in [0.29, 0.717) is 57.4 Å². The molecule has 0 aliphatic carbocycles. The molecule has 2 saturated heterocycles. The first-order valence-electron chi connectivity index (χ1n) is 15.5. The van der Waals surface area contributed by atoms with Crippen molar-refractivity contribution < 1.29 is 23.9 Å². The lowest BCUT2D eigenvalue weighted by Gasteiger charge is -2.38. The summed E-state index contributed by atoms with van der Waals surface area (Å²) in [6.07, 6.45) is 3.49. The lowest BCUT2D eigenvalue weighted by molar-refractivity contribution is -0.142. The average Bonchev–Trinajstić information content (AvgIpc) is 3.04. The van der Waals surface area contributed by atoms with E-state index in [2.05, 4.69) is 62.2 Å². The van der Waals surface area contributed by atoms with Gasteiger partial charge in [0.15, 0.2) is 6.10 Å². The van der Waals surface area contributed by atoms with E-state index < -0.39 is 12.2 Å². The third kappa shape index (κ3) is 9.13. The first kappa shape index (κ1) is 35.0. The first-order valence-corrected chi connectivity index (χ1v) is 17.1. The van der Waals surface area contributed by atoms with E-state index in [-0.39, 0.29) is 18.4 Å². The number of amides is 3. The van der Waals surface area contributed by atoms with Gasteiger partial charge in [0.25, 0.3) is 5.91 Å². The molecule has 2 aromatic rings. The minimum absolute atomic E-state index is 0.0396. The van der Waals surface area contributed by atoms with Crippen LogP contribution in [0.1, 0.15) is 36.8 Å².